The summed E-state index contributed by atoms with van der Waals surface area (Å²) in [6.45, 7) is 0. The Balaban J connectivity index is 2.00. The van der Waals surface area contributed by atoms with E-state index < -0.39 is 0 Å². The minimum absolute atomic E-state index is 0.284. The Kier molecular flexibility index (Phi) is 2.89. The van der Waals surface area contributed by atoms with Crippen LogP contribution in [0.3, 0.4) is 0 Å². The summed E-state index contributed by atoms with van der Waals surface area (Å²) < 4.78 is 20.4. The standard InChI is InChI=1S/C14H16FN3O/c1-18-12(8-14(17-18)16-10-4-5-10)11-7-9(15)3-6-13(11)19-2/h3,6-8,10H,4-5H2,1-2H3,(H,16,17). The molecule has 0 bridgehead atoms. The average molecular weight is 261 g/mol. The van der Waals surface area contributed by atoms with Crippen molar-refractivity contribution in [2.75, 3.05) is 12.4 Å². The lowest BCUT2D eigenvalue weighted by atomic mass is 10.1. The zero-order valence-corrected chi connectivity index (χ0v) is 11.0. The summed E-state index contributed by atoms with van der Waals surface area (Å²) in [6, 6.07) is 6.96. The molecule has 0 amide bonds. The Bertz CT molecular complexity index is 605. The van der Waals surface area contributed by atoms with Gasteiger partial charge in [-0.3, -0.25) is 4.68 Å². The molecule has 100 valence electrons. The number of aryl methyl sites for hydroxylation is 1. The van der Waals surface area contributed by atoms with Crippen molar-refractivity contribution in [2.45, 2.75) is 18.9 Å². The van der Waals surface area contributed by atoms with E-state index in [1.54, 1.807) is 17.9 Å². The van der Waals surface area contributed by atoms with Crippen LogP contribution in [-0.2, 0) is 7.05 Å². The second kappa shape index (κ2) is 4.57. The van der Waals surface area contributed by atoms with Crippen molar-refractivity contribution in [1.29, 1.82) is 0 Å². The average Bonchev–Trinajstić information content (AvgIpc) is 3.12. The largest absolute Gasteiger partial charge is 0.496 e. The van der Waals surface area contributed by atoms with Crippen molar-refractivity contribution >= 4 is 5.82 Å². The van der Waals surface area contributed by atoms with Crippen molar-refractivity contribution in [3.05, 3.63) is 30.1 Å². The SMILES string of the molecule is COc1ccc(F)cc1-c1cc(NC2CC2)nn1C. The van der Waals surface area contributed by atoms with Crippen LogP contribution in [0.2, 0.25) is 0 Å². The van der Waals surface area contributed by atoms with Crippen molar-refractivity contribution in [3.63, 3.8) is 0 Å². The van der Waals surface area contributed by atoms with Crippen LogP contribution in [0, 0.1) is 5.82 Å². The number of aromatic nitrogens is 2. The Labute approximate surface area is 111 Å². The molecule has 19 heavy (non-hydrogen) atoms. The minimum atomic E-state index is -0.284. The Hall–Kier alpha value is -2.04. The van der Waals surface area contributed by atoms with Gasteiger partial charge in [0.15, 0.2) is 0 Å². The molecular weight excluding hydrogens is 245 g/mol. The minimum Gasteiger partial charge on any atom is -0.496 e. The molecule has 0 saturated heterocycles. The topological polar surface area (TPSA) is 39.1 Å². The van der Waals surface area contributed by atoms with Gasteiger partial charge < -0.3 is 10.1 Å². The molecule has 3 rings (SSSR count). The third-order valence-corrected chi connectivity index (χ3v) is 3.25. The molecule has 0 radical (unpaired) electrons. The predicted molar refractivity (Wildman–Crippen MR) is 71.8 cm³/mol. The fourth-order valence-corrected chi connectivity index (χ4v) is 2.11. The fourth-order valence-electron chi connectivity index (χ4n) is 2.11. The molecule has 1 aromatic carbocycles. The smallest absolute Gasteiger partial charge is 0.148 e. The summed E-state index contributed by atoms with van der Waals surface area (Å²) in [5.74, 6) is 1.18. The van der Waals surface area contributed by atoms with Crippen LogP contribution in [-0.4, -0.2) is 22.9 Å². The van der Waals surface area contributed by atoms with E-state index >= 15 is 0 Å². The highest BCUT2D eigenvalue weighted by Gasteiger charge is 2.22. The van der Waals surface area contributed by atoms with E-state index in [1.165, 1.54) is 25.0 Å². The van der Waals surface area contributed by atoms with Gasteiger partial charge in [-0.1, -0.05) is 0 Å². The molecule has 1 fully saturated rings. The first-order chi connectivity index (χ1) is 9.17. The molecule has 0 unspecified atom stereocenters. The molecule has 0 spiro atoms. The maximum absolute atomic E-state index is 13.4. The summed E-state index contributed by atoms with van der Waals surface area (Å²) in [5.41, 5.74) is 1.54. The third-order valence-electron chi connectivity index (χ3n) is 3.25. The summed E-state index contributed by atoms with van der Waals surface area (Å²) in [5, 5.41) is 7.73. The molecular formula is C14H16FN3O. The van der Waals surface area contributed by atoms with Gasteiger partial charge >= 0.3 is 0 Å². The molecule has 4 nitrogen and oxygen atoms in total. The van der Waals surface area contributed by atoms with E-state index in [4.69, 9.17) is 4.74 Å². The number of halogens is 1. The van der Waals surface area contributed by atoms with Crippen LogP contribution in [0.1, 0.15) is 12.8 Å². The highest BCUT2D eigenvalue weighted by Crippen LogP contribution is 2.33. The van der Waals surface area contributed by atoms with Crippen LogP contribution in [0.15, 0.2) is 24.3 Å². The summed E-state index contributed by atoms with van der Waals surface area (Å²) >= 11 is 0. The number of anilines is 1. The lowest BCUT2D eigenvalue weighted by molar-refractivity contribution is 0.415. The van der Waals surface area contributed by atoms with Gasteiger partial charge in [0.2, 0.25) is 0 Å². The van der Waals surface area contributed by atoms with E-state index in [-0.39, 0.29) is 5.82 Å². The van der Waals surface area contributed by atoms with Gasteiger partial charge in [-0.05, 0) is 31.0 Å². The Morgan fingerprint density at radius 3 is 2.84 bits per heavy atom. The van der Waals surface area contributed by atoms with Crippen molar-refractivity contribution in [2.24, 2.45) is 7.05 Å². The van der Waals surface area contributed by atoms with E-state index in [0.717, 1.165) is 11.5 Å². The predicted octanol–water partition coefficient (Wildman–Crippen LogP) is 2.81. The van der Waals surface area contributed by atoms with Crippen LogP contribution >= 0.6 is 0 Å². The van der Waals surface area contributed by atoms with E-state index in [1.807, 2.05) is 13.1 Å². The van der Waals surface area contributed by atoms with Crippen LogP contribution in [0.25, 0.3) is 11.3 Å². The number of methoxy groups -OCH3 is 1. The Morgan fingerprint density at radius 2 is 2.16 bits per heavy atom. The number of benzene rings is 1. The number of rotatable bonds is 4. The van der Waals surface area contributed by atoms with Gasteiger partial charge in [0.1, 0.15) is 17.4 Å². The number of nitrogens with one attached hydrogen (secondary N) is 1. The van der Waals surface area contributed by atoms with Gasteiger partial charge in [-0.25, -0.2) is 4.39 Å². The van der Waals surface area contributed by atoms with E-state index in [9.17, 15) is 4.39 Å². The number of hydrogen-bond donors (Lipinski definition) is 1. The van der Waals surface area contributed by atoms with E-state index in [2.05, 4.69) is 10.4 Å². The van der Waals surface area contributed by atoms with Gasteiger partial charge in [0, 0.05) is 24.7 Å². The number of ether oxygens (including phenoxy) is 1. The third kappa shape index (κ3) is 2.41. The summed E-state index contributed by atoms with van der Waals surface area (Å²) in [6.07, 6.45) is 2.38. The van der Waals surface area contributed by atoms with Crippen LogP contribution in [0.4, 0.5) is 10.2 Å². The van der Waals surface area contributed by atoms with Crippen molar-refractivity contribution in [1.82, 2.24) is 9.78 Å². The summed E-state index contributed by atoms with van der Waals surface area (Å²) in [4.78, 5) is 0. The molecule has 5 heteroatoms. The number of hydrogen-bond acceptors (Lipinski definition) is 3. The van der Waals surface area contributed by atoms with Crippen molar-refractivity contribution in [3.8, 4) is 17.0 Å². The zero-order chi connectivity index (χ0) is 13.4. The quantitative estimate of drug-likeness (QED) is 0.919. The zero-order valence-electron chi connectivity index (χ0n) is 11.0. The molecule has 1 saturated carbocycles. The van der Waals surface area contributed by atoms with Gasteiger partial charge in [-0.15, -0.1) is 0 Å². The molecule has 1 aromatic heterocycles. The molecule has 1 heterocycles. The maximum atomic E-state index is 13.4. The van der Waals surface area contributed by atoms with Gasteiger partial charge in [0.05, 0.1) is 12.8 Å². The first-order valence-electron chi connectivity index (χ1n) is 6.32. The normalized spacial score (nSPS) is 14.5. The van der Waals surface area contributed by atoms with Crippen molar-refractivity contribution < 1.29 is 9.13 Å². The second-order valence-corrected chi connectivity index (χ2v) is 4.80. The molecule has 1 aliphatic carbocycles. The Morgan fingerprint density at radius 1 is 1.37 bits per heavy atom. The maximum Gasteiger partial charge on any atom is 0.148 e. The first kappa shape index (κ1) is 12.0. The number of nitrogens with zero attached hydrogens (tertiary/aromatic N) is 2. The monoisotopic (exact) mass is 261 g/mol. The lowest BCUT2D eigenvalue weighted by Gasteiger charge is -2.08. The lowest BCUT2D eigenvalue weighted by Crippen LogP contribution is -2.02. The van der Waals surface area contributed by atoms with Gasteiger partial charge in [-0.2, -0.15) is 5.10 Å². The second-order valence-electron chi connectivity index (χ2n) is 4.80. The molecule has 1 N–H and O–H groups in total. The summed E-state index contributed by atoms with van der Waals surface area (Å²) in [7, 11) is 3.42. The molecule has 0 atom stereocenters. The first-order valence-corrected chi connectivity index (χ1v) is 6.32. The van der Waals surface area contributed by atoms with Crippen LogP contribution in [0.5, 0.6) is 5.75 Å². The van der Waals surface area contributed by atoms with Gasteiger partial charge in [0.25, 0.3) is 0 Å². The molecule has 1 aliphatic rings. The molecule has 2 aromatic rings. The highest BCUT2D eigenvalue weighted by molar-refractivity contribution is 5.70. The van der Waals surface area contributed by atoms with E-state index in [0.29, 0.717) is 17.4 Å². The fraction of sp³-hybridized carbons (Fsp3) is 0.357. The van der Waals surface area contributed by atoms with Crippen LogP contribution < -0.4 is 10.1 Å². The highest BCUT2D eigenvalue weighted by atomic mass is 19.1. The molecule has 0 aliphatic heterocycles.